The molecule has 0 aliphatic heterocycles. The maximum atomic E-state index is 5.60. The van der Waals surface area contributed by atoms with E-state index in [9.17, 15) is 0 Å². The minimum absolute atomic E-state index is 0.508. The van der Waals surface area contributed by atoms with Crippen molar-refractivity contribution in [3.63, 3.8) is 0 Å². The molecule has 0 aliphatic rings. The predicted octanol–water partition coefficient (Wildman–Crippen LogP) is 2.31. The van der Waals surface area contributed by atoms with Crippen molar-refractivity contribution in [2.24, 2.45) is 7.05 Å². The van der Waals surface area contributed by atoms with Crippen LogP contribution >= 0.6 is 0 Å². The zero-order chi connectivity index (χ0) is 10.7. The van der Waals surface area contributed by atoms with Crippen LogP contribution in [0.15, 0.2) is 36.5 Å². The van der Waals surface area contributed by atoms with Crippen LogP contribution in [0.5, 0.6) is 5.75 Å². The minimum Gasteiger partial charge on any atom is -0.486 e. The van der Waals surface area contributed by atoms with Gasteiger partial charge in [0.1, 0.15) is 18.2 Å². The molecule has 2 aromatic rings. The fourth-order valence-corrected chi connectivity index (χ4v) is 1.46. The van der Waals surface area contributed by atoms with Gasteiger partial charge >= 0.3 is 0 Å². The summed E-state index contributed by atoms with van der Waals surface area (Å²) in [5, 5.41) is 0. The van der Waals surface area contributed by atoms with Gasteiger partial charge in [0.25, 0.3) is 0 Å². The van der Waals surface area contributed by atoms with Gasteiger partial charge in [-0.2, -0.15) is 0 Å². The standard InChI is InChI=1S/C12H14N2O/c1-10-8-14(2)12(13-10)9-15-11-6-4-3-5-7-11/h3-8H,9H2,1-2H3. The molecule has 78 valence electrons. The molecular weight excluding hydrogens is 188 g/mol. The van der Waals surface area contributed by atoms with Gasteiger partial charge in [0, 0.05) is 13.2 Å². The molecule has 0 saturated carbocycles. The Bertz CT molecular complexity index is 434. The number of nitrogens with zero attached hydrogens (tertiary/aromatic N) is 2. The average Bonchev–Trinajstić information content (AvgIpc) is 2.56. The van der Waals surface area contributed by atoms with Crippen molar-refractivity contribution in [1.82, 2.24) is 9.55 Å². The Labute approximate surface area is 89.3 Å². The molecule has 1 aromatic carbocycles. The van der Waals surface area contributed by atoms with E-state index in [1.807, 2.05) is 55.1 Å². The van der Waals surface area contributed by atoms with Crippen molar-refractivity contribution >= 4 is 0 Å². The smallest absolute Gasteiger partial charge is 0.146 e. The summed E-state index contributed by atoms with van der Waals surface area (Å²) < 4.78 is 7.59. The summed E-state index contributed by atoms with van der Waals surface area (Å²) in [7, 11) is 1.98. The number of aromatic nitrogens is 2. The molecule has 0 amide bonds. The van der Waals surface area contributed by atoms with Crippen LogP contribution in [0, 0.1) is 6.92 Å². The van der Waals surface area contributed by atoms with E-state index in [1.54, 1.807) is 0 Å². The molecule has 0 bridgehead atoms. The fraction of sp³-hybridized carbons (Fsp3) is 0.250. The van der Waals surface area contributed by atoms with Crippen molar-refractivity contribution in [2.75, 3.05) is 0 Å². The molecule has 0 N–H and O–H groups in total. The van der Waals surface area contributed by atoms with Crippen LogP contribution in [0.2, 0.25) is 0 Å². The Morgan fingerprint density at radius 2 is 2.00 bits per heavy atom. The number of imidazole rings is 1. The highest BCUT2D eigenvalue weighted by molar-refractivity contribution is 5.21. The Balaban J connectivity index is 2.02. The third-order valence-electron chi connectivity index (χ3n) is 2.20. The first-order valence-corrected chi connectivity index (χ1v) is 4.92. The largest absolute Gasteiger partial charge is 0.486 e. The second-order valence-electron chi connectivity index (χ2n) is 3.51. The Kier molecular flexibility index (Phi) is 2.72. The van der Waals surface area contributed by atoms with Gasteiger partial charge in [-0.05, 0) is 19.1 Å². The van der Waals surface area contributed by atoms with Gasteiger partial charge in [0.05, 0.1) is 5.69 Å². The minimum atomic E-state index is 0.508. The summed E-state index contributed by atoms with van der Waals surface area (Å²) in [5.41, 5.74) is 1.02. The third kappa shape index (κ3) is 2.37. The van der Waals surface area contributed by atoms with Crippen LogP contribution in [0.3, 0.4) is 0 Å². The van der Waals surface area contributed by atoms with Crippen LogP contribution in [-0.4, -0.2) is 9.55 Å². The molecule has 3 heteroatoms. The highest BCUT2D eigenvalue weighted by atomic mass is 16.5. The van der Waals surface area contributed by atoms with Crippen LogP contribution in [0.25, 0.3) is 0 Å². The van der Waals surface area contributed by atoms with E-state index in [2.05, 4.69) is 4.98 Å². The maximum absolute atomic E-state index is 5.60. The molecule has 0 atom stereocenters. The zero-order valence-electron chi connectivity index (χ0n) is 8.97. The molecule has 0 radical (unpaired) electrons. The van der Waals surface area contributed by atoms with Gasteiger partial charge in [-0.3, -0.25) is 0 Å². The lowest BCUT2D eigenvalue weighted by molar-refractivity contribution is 0.291. The van der Waals surface area contributed by atoms with E-state index in [4.69, 9.17) is 4.74 Å². The lowest BCUT2D eigenvalue weighted by Crippen LogP contribution is -2.02. The van der Waals surface area contributed by atoms with E-state index in [-0.39, 0.29) is 0 Å². The number of para-hydroxylation sites is 1. The highest BCUT2D eigenvalue weighted by Crippen LogP contribution is 2.11. The monoisotopic (exact) mass is 202 g/mol. The number of ether oxygens (including phenoxy) is 1. The summed E-state index contributed by atoms with van der Waals surface area (Å²) in [4.78, 5) is 4.36. The molecular formula is C12H14N2O. The molecule has 0 saturated heterocycles. The second kappa shape index (κ2) is 4.17. The predicted molar refractivity (Wildman–Crippen MR) is 58.7 cm³/mol. The zero-order valence-corrected chi connectivity index (χ0v) is 8.97. The van der Waals surface area contributed by atoms with E-state index in [0.717, 1.165) is 17.3 Å². The third-order valence-corrected chi connectivity index (χ3v) is 2.20. The van der Waals surface area contributed by atoms with Crippen LogP contribution in [0.1, 0.15) is 11.5 Å². The fourth-order valence-electron chi connectivity index (χ4n) is 1.46. The summed E-state index contributed by atoms with van der Waals surface area (Å²) in [5.74, 6) is 1.81. The van der Waals surface area contributed by atoms with E-state index in [1.165, 1.54) is 0 Å². The van der Waals surface area contributed by atoms with E-state index in [0.29, 0.717) is 6.61 Å². The van der Waals surface area contributed by atoms with Gasteiger partial charge in [-0.15, -0.1) is 0 Å². The van der Waals surface area contributed by atoms with Crippen molar-refractivity contribution in [2.45, 2.75) is 13.5 Å². The first-order valence-electron chi connectivity index (χ1n) is 4.92. The molecule has 0 aliphatic carbocycles. The van der Waals surface area contributed by atoms with Crippen LogP contribution in [-0.2, 0) is 13.7 Å². The molecule has 2 rings (SSSR count). The van der Waals surface area contributed by atoms with Crippen molar-refractivity contribution in [3.8, 4) is 5.75 Å². The summed E-state index contributed by atoms with van der Waals surface area (Å²) in [6.07, 6.45) is 1.99. The molecule has 0 spiro atoms. The number of rotatable bonds is 3. The topological polar surface area (TPSA) is 27.1 Å². The lowest BCUT2D eigenvalue weighted by Gasteiger charge is -2.05. The SMILES string of the molecule is Cc1cn(C)c(COc2ccccc2)n1. The first-order chi connectivity index (χ1) is 7.25. The number of aryl methyl sites for hydroxylation is 2. The molecule has 1 aromatic heterocycles. The average molecular weight is 202 g/mol. The maximum Gasteiger partial charge on any atom is 0.146 e. The number of benzene rings is 1. The van der Waals surface area contributed by atoms with Crippen molar-refractivity contribution in [1.29, 1.82) is 0 Å². The van der Waals surface area contributed by atoms with Gasteiger partial charge in [0.2, 0.25) is 0 Å². The van der Waals surface area contributed by atoms with Crippen LogP contribution < -0.4 is 4.74 Å². The van der Waals surface area contributed by atoms with Gasteiger partial charge in [-0.25, -0.2) is 4.98 Å². The van der Waals surface area contributed by atoms with E-state index < -0.39 is 0 Å². The van der Waals surface area contributed by atoms with E-state index >= 15 is 0 Å². The summed E-state index contributed by atoms with van der Waals surface area (Å²) in [6.45, 7) is 2.49. The molecule has 0 fully saturated rings. The quantitative estimate of drug-likeness (QED) is 0.763. The molecule has 1 heterocycles. The Hall–Kier alpha value is -1.77. The molecule has 3 nitrogen and oxygen atoms in total. The normalized spacial score (nSPS) is 10.3. The number of hydrogen-bond acceptors (Lipinski definition) is 2. The Morgan fingerprint density at radius 1 is 1.27 bits per heavy atom. The van der Waals surface area contributed by atoms with Crippen molar-refractivity contribution in [3.05, 3.63) is 48.0 Å². The first kappa shape index (κ1) is 9.77. The van der Waals surface area contributed by atoms with Crippen LogP contribution in [0.4, 0.5) is 0 Å². The second-order valence-corrected chi connectivity index (χ2v) is 3.51. The van der Waals surface area contributed by atoms with Gasteiger partial charge < -0.3 is 9.30 Å². The lowest BCUT2D eigenvalue weighted by atomic mass is 10.3. The Morgan fingerprint density at radius 3 is 2.60 bits per heavy atom. The number of hydrogen-bond donors (Lipinski definition) is 0. The molecule has 15 heavy (non-hydrogen) atoms. The highest BCUT2D eigenvalue weighted by Gasteiger charge is 2.02. The molecule has 0 unspecified atom stereocenters. The summed E-state index contributed by atoms with van der Waals surface area (Å²) >= 11 is 0. The van der Waals surface area contributed by atoms with Gasteiger partial charge in [0.15, 0.2) is 0 Å². The summed E-state index contributed by atoms with van der Waals surface area (Å²) in [6, 6.07) is 9.77. The van der Waals surface area contributed by atoms with Crippen molar-refractivity contribution < 1.29 is 4.74 Å². The van der Waals surface area contributed by atoms with Gasteiger partial charge in [-0.1, -0.05) is 18.2 Å².